The van der Waals surface area contributed by atoms with Crippen molar-refractivity contribution < 1.29 is 13.2 Å². The molecule has 0 aromatic carbocycles. The number of nitrogens with zero attached hydrogens (tertiary/aromatic N) is 1. The molecule has 0 bridgehead atoms. The van der Waals surface area contributed by atoms with E-state index >= 15 is 0 Å². The number of carbonyl (C=O) groups excluding carboxylic acids is 1. The molecule has 1 rings (SSSR count). The van der Waals surface area contributed by atoms with Crippen LogP contribution in [0.1, 0.15) is 27.7 Å². The topological polar surface area (TPSA) is 80.5 Å². The van der Waals surface area contributed by atoms with Gasteiger partial charge in [-0.05, 0) is 19.8 Å². The van der Waals surface area contributed by atoms with E-state index in [1.165, 1.54) is 13.8 Å². The smallest absolute Gasteiger partial charge is 0.259 e. The maximum absolute atomic E-state index is 11.9. The molecule has 1 aliphatic heterocycles. The van der Waals surface area contributed by atoms with Crippen molar-refractivity contribution in [3.8, 4) is 0 Å². The van der Waals surface area contributed by atoms with Crippen LogP contribution in [0.3, 0.4) is 0 Å². The second-order valence-electron chi connectivity index (χ2n) is 4.71. The Hall–Kier alpha value is -0.690. The molecular formula is C9H16N2O3S2. The van der Waals surface area contributed by atoms with E-state index in [-0.39, 0.29) is 10.9 Å². The summed E-state index contributed by atoms with van der Waals surface area (Å²) < 4.78 is 23.3. The Bertz CT molecular complexity index is 440. The highest BCUT2D eigenvalue weighted by atomic mass is 32.2. The first-order valence-electron chi connectivity index (χ1n) is 4.93. The number of hydrogen-bond donors (Lipinski definition) is 1. The van der Waals surface area contributed by atoms with Crippen molar-refractivity contribution in [1.29, 1.82) is 0 Å². The van der Waals surface area contributed by atoms with E-state index in [1.807, 2.05) is 0 Å². The zero-order chi connectivity index (χ0) is 12.9. The van der Waals surface area contributed by atoms with E-state index in [0.717, 1.165) is 4.31 Å². The molecule has 0 aliphatic carbocycles. The van der Waals surface area contributed by atoms with Crippen molar-refractivity contribution in [2.75, 3.05) is 0 Å². The summed E-state index contributed by atoms with van der Waals surface area (Å²) in [5.74, 6) is -0.577. The number of nitrogens with two attached hydrogens (primary N) is 1. The van der Waals surface area contributed by atoms with Gasteiger partial charge in [0, 0.05) is 0 Å². The number of thiocarbonyl (C=S) groups is 1. The van der Waals surface area contributed by atoms with Crippen LogP contribution >= 0.6 is 12.2 Å². The molecule has 0 aromatic rings. The summed E-state index contributed by atoms with van der Waals surface area (Å²) in [5, 5.41) is 0. The van der Waals surface area contributed by atoms with Gasteiger partial charge in [-0.15, -0.1) is 0 Å². The highest BCUT2D eigenvalue weighted by molar-refractivity contribution is 7.94. The second-order valence-corrected chi connectivity index (χ2v) is 7.54. The number of sulfonamides is 1. The number of amides is 1. The third kappa shape index (κ3) is 1.53. The molecule has 1 amide bonds. The average molecular weight is 264 g/mol. The van der Waals surface area contributed by atoms with E-state index in [1.54, 1.807) is 13.8 Å². The molecule has 92 valence electrons. The summed E-state index contributed by atoms with van der Waals surface area (Å²) in [6.45, 7) is 6.33. The molecule has 0 saturated carbocycles. The second kappa shape index (κ2) is 3.66. The van der Waals surface area contributed by atoms with Gasteiger partial charge in [0.25, 0.3) is 15.9 Å². The molecule has 5 nitrogen and oxygen atoms in total. The summed E-state index contributed by atoms with van der Waals surface area (Å²) in [4.78, 5) is 11.8. The fourth-order valence-corrected chi connectivity index (χ4v) is 3.91. The lowest BCUT2D eigenvalue weighted by atomic mass is 10.0. The average Bonchev–Trinajstić information content (AvgIpc) is 2.10. The van der Waals surface area contributed by atoms with Gasteiger partial charge in [0.1, 0.15) is 6.04 Å². The molecule has 1 aliphatic rings. The van der Waals surface area contributed by atoms with E-state index in [4.69, 9.17) is 18.0 Å². The Morgan fingerprint density at radius 1 is 1.44 bits per heavy atom. The number of carbonyl (C=O) groups is 1. The molecular weight excluding hydrogens is 248 g/mol. The van der Waals surface area contributed by atoms with Gasteiger partial charge >= 0.3 is 0 Å². The van der Waals surface area contributed by atoms with E-state index < -0.39 is 26.7 Å². The summed E-state index contributed by atoms with van der Waals surface area (Å²) in [6.07, 6.45) is 0. The predicted octanol–water partition coefficient (Wildman–Crippen LogP) is 0.248. The van der Waals surface area contributed by atoms with Crippen molar-refractivity contribution in [3.63, 3.8) is 0 Å². The summed E-state index contributed by atoms with van der Waals surface area (Å²) in [6, 6.07) is -0.722. The van der Waals surface area contributed by atoms with Gasteiger partial charge in [-0.2, -0.15) is 0 Å². The van der Waals surface area contributed by atoms with Gasteiger partial charge < -0.3 is 5.73 Å². The first-order valence-corrected chi connectivity index (χ1v) is 6.77. The van der Waals surface area contributed by atoms with Crippen LogP contribution < -0.4 is 5.73 Å². The minimum Gasteiger partial charge on any atom is -0.392 e. The molecule has 0 spiro atoms. The quantitative estimate of drug-likeness (QED) is 0.739. The highest BCUT2D eigenvalue weighted by Crippen LogP contribution is 2.38. The summed E-state index contributed by atoms with van der Waals surface area (Å²) >= 11 is 4.82. The zero-order valence-corrected chi connectivity index (χ0v) is 11.4. The van der Waals surface area contributed by atoms with Crippen molar-refractivity contribution in [2.45, 2.75) is 38.5 Å². The van der Waals surface area contributed by atoms with Crippen molar-refractivity contribution in [1.82, 2.24) is 4.31 Å². The van der Waals surface area contributed by atoms with Gasteiger partial charge in [0.15, 0.2) is 4.75 Å². The lowest BCUT2D eigenvalue weighted by Gasteiger charge is -2.47. The van der Waals surface area contributed by atoms with Gasteiger partial charge in [-0.1, -0.05) is 26.1 Å². The van der Waals surface area contributed by atoms with Gasteiger partial charge in [-0.25, -0.2) is 12.7 Å². The van der Waals surface area contributed by atoms with Crippen LogP contribution in [0.15, 0.2) is 0 Å². The van der Waals surface area contributed by atoms with Crippen LogP contribution in [0.25, 0.3) is 0 Å². The largest absolute Gasteiger partial charge is 0.392 e. The molecule has 7 heteroatoms. The molecule has 1 saturated heterocycles. The monoisotopic (exact) mass is 264 g/mol. The third-order valence-corrected chi connectivity index (χ3v) is 5.41. The predicted molar refractivity (Wildman–Crippen MR) is 65.3 cm³/mol. The van der Waals surface area contributed by atoms with Crippen molar-refractivity contribution in [2.24, 2.45) is 11.7 Å². The van der Waals surface area contributed by atoms with Crippen LogP contribution in [0, 0.1) is 5.92 Å². The van der Waals surface area contributed by atoms with Crippen molar-refractivity contribution in [3.05, 3.63) is 0 Å². The van der Waals surface area contributed by atoms with Crippen LogP contribution in [-0.4, -0.2) is 34.4 Å². The normalized spacial score (nSPS) is 24.1. The molecule has 16 heavy (non-hydrogen) atoms. The lowest BCUT2D eigenvalue weighted by molar-refractivity contribution is -0.133. The van der Waals surface area contributed by atoms with E-state index in [0.29, 0.717) is 0 Å². The van der Waals surface area contributed by atoms with Crippen LogP contribution in [0.4, 0.5) is 0 Å². The third-order valence-electron chi connectivity index (χ3n) is 2.79. The van der Waals surface area contributed by atoms with Gasteiger partial charge in [0.2, 0.25) is 0 Å². The minimum absolute atomic E-state index is 0.0300. The molecule has 1 heterocycles. The van der Waals surface area contributed by atoms with E-state index in [2.05, 4.69) is 0 Å². The Balaban J connectivity index is 3.18. The SMILES string of the molecule is CC(C)C(C(N)=S)N1C(=O)C(C)(C)S1(=O)=O. The molecule has 0 aromatic heterocycles. The number of hydrogen-bond acceptors (Lipinski definition) is 4. The zero-order valence-electron chi connectivity index (χ0n) is 9.72. The summed E-state index contributed by atoms with van der Waals surface area (Å²) in [5.41, 5.74) is 5.49. The fourth-order valence-electron chi connectivity index (χ4n) is 1.68. The minimum atomic E-state index is -3.62. The fraction of sp³-hybridized carbons (Fsp3) is 0.778. The van der Waals surface area contributed by atoms with Gasteiger partial charge in [0.05, 0.1) is 4.99 Å². The number of rotatable bonds is 3. The maximum Gasteiger partial charge on any atom is 0.259 e. The van der Waals surface area contributed by atoms with Crippen molar-refractivity contribution >= 4 is 33.1 Å². The highest BCUT2D eigenvalue weighted by Gasteiger charge is 2.63. The van der Waals surface area contributed by atoms with Crippen LogP contribution in [0.5, 0.6) is 0 Å². The standard InChI is InChI=1S/C9H16N2O3S2/c1-5(2)6(7(10)15)11-8(12)9(3,4)16(11,13)14/h5-6H,1-4H3,(H2,10,15). The van der Waals surface area contributed by atoms with Gasteiger partial charge in [-0.3, -0.25) is 4.79 Å². The van der Waals surface area contributed by atoms with Crippen LogP contribution in [-0.2, 0) is 14.8 Å². The Morgan fingerprint density at radius 3 is 2.12 bits per heavy atom. The maximum atomic E-state index is 11.9. The molecule has 1 fully saturated rings. The molecule has 1 atom stereocenters. The first-order chi connectivity index (χ1) is 7.05. The Labute approximate surface area is 101 Å². The molecule has 1 unspecified atom stereocenters. The first kappa shape index (κ1) is 13.4. The Kier molecular flexibility index (Phi) is 3.06. The molecule has 2 N–H and O–H groups in total. The van der Waals surface area contributed by atoms with Crippen LogP contribution in [0.2, 0.25) is 0 Å². The van der Waals surface area contributed by atoms with E-state index in [9.17, 15) is 13.2 Å². The lowest BCUT2D eigenvalue weighted by Crippen LogP contribution is -2.72. The Morgan fingerprint density at radius 2 is 1.88 bits per heavy atom. The molecule has 0 radical (unpaired) electrons. The summed E-state index contributed by atoms with van der Waals surface area (Å²) in [7, 11) is -3.62.